The largest absolute Gasteiger partial charge is 0.481 e. The maximum absolute atomic E-state index is 11.3. The number of aromatic nitrogens is 2. The summed E-state index contributed by atoms with van der Waals surface area (Å²) in [5, 5.41) is 8.55. The first-order valence-electron chi connectivity index (χ1n) is 4.48. The molecule has 0 saturated carbocycles. The molecule has 0 radical (unpaired) electrons. The van der Waals surface area contributed by atoms with Crippen LogP contribution in [0.1, 0.15) is 5.69 Å². The first-order chi connectivity index (χ1) is 7.46. The minimum absolute atomic E-state index is 0.0645. The second-order valence-electron chi connectivity index (χ2n) is 3.02. The zero-order valence-corrected chi connectivity index (χ0v) is 9.78. The molecule has 0 amide bonds. The van der Waals surface area contributed by atoms with Crippen molar-refractivity contribution in [2.45, 2.75) is 6.92 Å². The number of ether oxygens (including phenoxy) is 1. The molecule has 1 heterocycles. The number of sulfonamides is 1. The van der Waals surface area contributed by atoms with Gasteiger partial charge in [0.1, 0.15) is 0 Å². The second-order valence-corrected chi connectivity index (χ2v) is 4.86. The Kier molecular flexibility index (Phi) is 4.02. The zero-order chi connectivity index (χ0) is 12.2. The van der Waals surface area contributed by atoms with E-state index in [9.17, 15) is 8.42 Å². The van der Waals surface area contributed by atoms with Crippen LogP contribution in [0.25, 0.3) is 0 Å². The zero-order valence-electron chi connectivity index (χ0n) is 8.97. The molecule has 2 N–H and O–H groups in total. The predicted octanol–water partition coefficient (Wildman–Crippen LogP) is -0.472. The molecular weight excluding hydrogens is 234 g/mol. The average Bonchev–Trinajstić information content (AvgIpc) is 2.15. The first kappa shape index (κ1) is 12.7. The maximum Gasteiger partial charge on any atom is 0.240 e. The first-order valence-corrected chi connectivity index (χ1v) is 6.13. The molecule has 0 aliphatic carbocycles. The van der Waals surface area contributed by atoms with Crippen molar-refractivity contribution < 1.29 is 18.3 Å². The van der Waals surface area contributed by atoms with Crippen molar-refractivity contribution in [1.29, 1.82) is 0 Å². The smallest absolute Gasteiger partial charge is 0.240 e. The molecule has 0 spiro atoms. The van der Waals surface area contributed by atoms with Gasteiger partial charge in [-0.2, -0.15) is 4.98 Å². The number of nitrogens with one attached hydrogen (secondary N) is 1. The molecular formula is C8H13N3O4S. The van der Waals surface area contributed by atoms with Crippen LogP contribution >= 0.6 is 0 Å². The fourth-order valence-corrected chi connectivity index (χ4v) is 1.71. The normalized spacial score (nSPS) is 11.2. The van der Waals surface area contributed by atoms with Gasteiger partial charge in [-0.05, 0) is 6.92 Å². The molecule has 90 valence electrons. The average molecular weight is 247 g/mol. The third-order valence-corrected chi connectivity index (χ3v) is 2.86. The summed E-state index contributed by atoms with van der Waals surface area (Å²) in [5.41, 5.74) is 0.577. The monoisotopic (exact) mass is 247 g/mol. The van der Waals surface area contributed by atoms with Crippen molar-refractivity contribution in [3.63, 3.8) is 0 Å². The molecule has 0 aliphatic rings. The second kappa shape index (κ2) is 5.08. The molecule has 1 rings (SSSR count). The molecule has 0 fully saturated rings. The van der Waals surface area contributed by atoms with Gasteiger partial charge in [0.05, 0.1) is 19.5 Å². The molecule has 0 unspecified atom stereocenters. The lowest BCUT2D eigenvalue weighted by Crippen LogP contribution is -2.20. The fourth-order valence-electron chi connectivity index (χ4n) is 1.00. The van der Waals surface area contributed by atoms with Crippen LogP contribution in [0.3, 0.4) is 0 Å². The van der Waals surface area contributed by atoms with Gasteiger partial charge in [0.25, 0.3) is 0 Å². The van der Waals surface area contributed by atoms with Gasteiger partial charge in [-0.15, -0.1) is 0 Å². The molecule has 1 aromatic heterocycles. The van der Waals surface area contributed by atoms with Crippen LogP contribution < -0.4 is 9.46 Å². The predicted molar refractivity (Wildman–Crippen MR) is 57.8 cm³/mol. The van der Waals surface area contributed by atoms with E-state index in [2.05, 4.69) is 14.7 Å². The fraction of sp³-hybridized carbons (Fsp3) is 0.500. The van der Waals surface area contributed by atoms with Crippen LogP contribution in [0.15, 0.2) is 6.07 Å². The summed E-state index contributed by atoms with van der Waals surface area (Å²) in [7, 11) is -2.18. The van der Waals surface area contributed by atoms with Gasteiger partial charge in [-0.25, -0.2) is 13.4 Å². The maximum atomic E-state index is 11.3. The van der Waals surface area contributed by atoms with Gasteiger partial charge in [0.15, 0.2) is 0 Å². The third kappa shape index (κ3) is 3.63. The number of aryl methyl sites for hydroxylation is 1. The summed E-state index contributed by atoms with van der Waals surface area (Å²) in [5.74, 6) is -0.188. The number of nitrogens with zero attached hydrogens (tertiary/aromatic N) is 2. The van der Waals surface area contributed by atoms with Gasteiger partial charge in [0.2, 0.25) is 21.9 Å². The van der Waals surface area contributed by atoms with Crippen LogP contribution in [-0.4, -0.2) is 43.0 Å². The molecule has 0 bridgehead atoms. The van der Waals surface area contributed by atoms with Crippen LogP contribution in [0.4, 0.5) is 5.95 Å². The number of aliphatic hydroxyl groups excluding tert-OH is 1. The van der Waals surface area contributed by atoms with Crippen molar-refractivity contribution in [2.24, 2.45) is 0 Å². The number of hydrogen-bond acceptors (Lipinski definition) is 6. The van der Waals surface area contributed by atoms with Gasteiger partial charge >= 0.3 is 0 Å². The number of anilines is 1. The van der Waals surface area contributed by atoms with Gasteiger partial charge < -0.3 is 9.84 Å². The Labute approximate surface area is 93.5 Å². The molecule has 1 aromatic rings. The molecule has 0 aliphatic heterocycles. The highest BCUT2D eigenvalue weighted by molar-refractivity contribution is 7.92. The lowest BCUT2D eigenvalue weighted by atomic mass is 10.4. The minimum Gasteiger partial charge on any atom is -0.481 e. The quantitative estimate of drug-likeness (QED) is 0.729. The number of aliphatic hydroxyl groups is 1. The van der Waals surface area contributed by atoms with Crippen molar-refractivity contribution >= 4 is 16.0 Å². The van der Waals surface area contributed by atoms with E-state index in [1.54, 1.807) is 13.0 Å². The van der Waals surface area contributed by atoms with Gasteiger partial charge in [-0.1, -0.05) is 0 Å². The highest BCUT2D eigenvalue weighted by Gasteiger charge is 2.12. The molecule has 16 heavy (non-hydrogen) atoms. The number of rotatable bonds is 5. The van der Waals surface area contributed by atoms with E-state index in [4.69, 9.17) is 9.84 Å². The van der Waals surface area contributed by atoms with E-state index in [0.29, 0.717) is 5.69 Å². The molecule has 8 heteroatoms. The van der Waals surface area contributed by atoms with Crippen LogP contribution in [0, 0.1) is 6.92 Å². The van der Waals surface area contributed by atoms with Crippen LogP contribution in [0.5, 0.6) is 5.88 Å². The van der Waals surface area contributed by atoms with Crippen LogP contribution in [0.2, 0.25) is 0 Å². The third-order valence-electron chi connectivity index (χ3n) is 1.65. The Bertz CT molecular complexity index is 460. The van der Waals surface area contributed by atoms with E-state index in [1.165, 1.54) is 7.11 Å². The standard InChI is InChI=1S/C8H13N3O4S/c1-6-5-7(15-2)10-8(9-6)11-16(13,14)4-3-12/h5,12H,3-4H2,1-2H3,(H,9,10,11). The highest BCUT2D eigenvalue weighted by Crippen LogP contribution is 2.12. The molecule has 0 atom stereocenters. The summed E-state index contributed by atoms with van der Waals surface area (Å²) >= 11 is 0. The summed E-state index contributed by atoms with van der Waals surface area (Å²) in [6, 6.07) is 1.57. The molecule has 7 nitrogen and oxygen atoms in total. The van der Waals surface area contributed by atoms with Gasteiger partial charge in [0, 0.05) is 11.8 Å². The van der Waals surface area contributed by atoms with Crippen molar-refractivity contribution in [1.82, 2.24) is 9.97 Å². The Balaban J connectivity index is 2.93. The summed E-state index contributed by atoms with van der Waals surface area (Å²) in [4.78, 5) is 7.70. The Morgan fingerprint density at radius 1 is 1.50 bits per heavy atom. The SMILES string of the molecule is COc1cc(C)nc(NS(=O)(=O)CCO)n1. The molecule has 0 aromatic carbocycles. The Morgan fingerprint density at radius 2 is 2.19 bits per heavy atom. The summed E-state index contributed by atoms with van der Waals surface area (Å²) in [6.07, 6.45) is 0. The topological polar surface area (TPSA) is 101 Å². The summed E-state index contributed by atoms with van der Waals surface area (Å²) < 4.78 is 29.7. The Morgan fingerprint density at radius 3 is 2.75 bits per heavy atom. The van der Waals surface area contributed by atoms with Crippen LogP contribution in [-0.2, 0) is 10.0 Å². The Hall–Kier alpha value is -1.41. The van der Waals surface area contributed by atoms with Gasteiger partial charge in [-0.3, -0.25) is 4.72 Å². The molecule has 0 saturated heterocycles. The van der Waals surface area contributed by atoms with Crippen molar-refractivity contribution in [2.75, 3.05) is 24.2 Å². The van der Waals surface area contributed by atoms with E-state index < -0.39 is 22.4 Å². The number of methoxy groups -OCH3 is 1. The highest BCUT2D eigenvalue weighted by atomic mass is 32.2. The lowest BCUT2D eigenvalue weighted by Gasteiger charge is -2.07. The van der Waals surface area contributed by atoms with E-state index in [-0.39, 0.29) is 11.8 Å². The van der Waals surface area contributed by atoms with E-state index in [0.717, 1.165) is 0 Å². The van der Waals surface area contributed by atoms with Crippen molar-refractivity contribution in [3.05, 3.63) is 11.8 Å². The van der Waals surface area contributed by atoms with Crippen molar-refractivity contribution in [3.8, 4) is 5.88 Å². The van der Waals surface area contributed by atoms with E-state index in [1.807, 2.05) is 0 Å². The summed E-state index contributed by atoms with van der Waals surface area (Å²) in [6.45, 7) is 1.23. The number of hydrogen-bond donors (Lipinski definition) is 2. The van der Waals surface area contributed by atoms with E-state index >= 15 is 0 Å². The lowest BCUT2D eigenvalue weighted by molar-refractivity contribution is 0.320. The minimum atomic E-state index is -3.61.